The summed E-state index contributed by atoms with van der Waals surface area (Å²) in [5.74, 6) is 0.519. The molecule has 2 aromatic heterocycles. The molecule has 0 bridgehead atoms. The van der Waals surface area contributed by atoms with Gasteiger partial charge in [-0.25, -0.2) is 4.98 Å². The van der Waals surface area contributed by atoms with Gasteiger partial charge in [-0.3, -0.25) is 0 Å². The van der Waals surface area contributed by atoms with Crippen molar-refractivity contribution < 1.29 is 0 Å². The zero-order chi connectivity index (χ0) is 11.8. The van der Waals surface area contributed by atoms with Gasteiger partial charge >= 0.3 is 0 Å². The maximum atomic E-state index is 5.77. The quantitative estimate of drug-likeness (QED) is 0.755. The number of rotatable bonds is 1. The van der Waals surface area contributed by atoms with Crippen LogP contribution in [-0.4, -0.2) is 23.1 Å². The third-order valence-corrected chi connectivity index (χ3v) is 3.69. The van der Waals surface area contributed by atoms with Gasteiger partial charge in [0.2, 0.25) is 0 Å². The Morgan fingerprint density at radius 3 is 3.06 bits per heavy atom. The average Bonchev–Trinajstić information content (AvgIpc) is 2.74. The van der Waals surface area contributed by atoms with Crippen molar-refractivity contribution in [3.8, 4) is 0 Å². The third-order valence-electron chi connectivity index (χ3n) is 3.06. The molecule has 4 nitrogen and oxygen atoms in total. The fraction of sp³-hybridized carbons (Fsp3) is 0.250. The van der Waals surface area contributed by atoms with E-state index in [0.29, 0.717) is 5.82 Å². The van der Waals surface area contributed by atoms with E-state index in [4.69, 9.17) is 5.73 Å². The van der Waals surface area contributed by atoms with Crippen LogP contribution in [0.15, 0.2) is 22.8 Å². The molecule has 3 heterocycles. The number of anilines is 1. The Morgan fingerprint density at radius 1 is 1.41 bits per heavy atom. The first-order chi connectivity index (χ1) is 8.25. The second kappa shape index (κ2) is 4.16. The van der Waals surface area contributed by atoms with E-state index < -0.39 is 0 Å². The minimum atomic E-state index is 0.519. The van der Waals surface area contributed by atoms with E-state index in [-0.39, 0.29) is 0 Å². The van der Waals surface area contributed by atoms with Gasteiger partial charge < -0.3 is 16.0 Å². The Morgan fingerprint density at radius 2 is 2.29 bits per heavy atom. The van der Waals surface area contributed by atoms with Crippen LogP contribution in [0, 0.1) is 0 Å². The minimum Gasteiger partial charge on any atom is -0.383 e. The van der Waals surface area contributed by atoms with Gasteiger partial charge in [0.05, 0.1) is 4.47 Å². The van der Waals surface area contributed by atoms with Crippen molar-refractivity contribution in [2.45, 2.75) is 6.42 Å². The lowest BCUT2D eigenvalue weighted by atomic mass is 10.0. The number of hydrogen-bond acceptors (Lipinski definition) is 3. The molecule has 0 aliphatic carbocycles. The largest absolute Gasteiger partial charge is 0.383 e. The number of pyridine rings is 1. The molecule has 0 aromatic carbocycles. The lowest BCUT2D eigenvalue weighted by Gasteiger charge is -2.13. The van der Waals surface area contributed by atoms with Crippen LogP contribution in [0.2, 0.25) is 0 Å². The number of nitrogens with two attached hydrogens (primary N) is 1. The highest BCUT2D eigenvalue weighted by molar-refractivity contribution is 9.10. The molecule has 0 atom stereocenters. The first kappa shape index (κ1) is 10.8. The molecule has 1 aliphatic rings. The molecule has 0 fully saturated rings. The molecule has 0 radical (unpaired) electrons. The van der Waals surface area contributed by atoms with Crippen LogP contribution in [0.25, 0.3) is 16.6 Å². The van der Waals surface area contributed by atoms with E-state index in [1.54, 1.807) is 0 Å². The predicted molar refractivity (Wildman–Crippen MR) is 73.7 cm³/mol. The number of halogens is 1. The van der Waals surface area contributed by atoms with Crippen molar-refractivity contribution in [1.29, 1.82) is 0 Å². The van der Waals surface area contributed by atoms with Crippen LogP contribution in [-0.2, 0) is 0 Å². The molecular formula is C12H13BrN4. The molecule has 17 heavy (non-hydrogen) atoms. The van der Waals surface area contributed by atoms with Gasteiger partial charge in [-0.05, 0) is 40.5 Å². The summed E-state index contributed by atoms with van der Waals surface area (Å²) in [5.41, 5.74) is 9.22. The van der Waals surface area contributed by atoms with Crippen molar-refractivity contribution in [2.24, 2.45) is 0 Å². The van der Waals surface area contributed by atoms with Gasteiger partial charge in [-0.1, -0.05) is 6.08 Å². The molecule has 0 saturated heterocycles. The SMILES string of the molecule is Nc1nc2[nH]cc(C3=CCNCC3)c2cc1Br. The number of nitrogens with one attached hydrogen (secondary N) is 2. The molecule has 0 unspecified atom stereocenters. The Bertz CT molecular complexity index is 600. The molecule has 4 N–H and O–H groups in total. The van der Waals surface area contributed by atoms with Crippen molar-refractivity contribution in [3.63, 3.8) is 0 Å². The number of H-pyrrole nitrogens is 1. The minimum absolute atomic E-state index is 0.519. The van der Waals surface area contributed by atoms with E-state index >= 15 is 0 Å². The lowest BCUT2D eigenvalue weighted by Crippen LogP contribution is -2.19. The molecule has 5 heteroatoms. The van der Waals surface area contributed by atoms with Gasteiger partial charge in [0.25, 0.3) is 0 Å². The molecular weight excluding hydrogens is 280 g/mol. The first-order valence-corrected chi connectivity index (χ1v) is 6.38. The molecule has 2 aromatic rings. The maximum Gasteiger partial charge on any atom is 0.140 e. The van der Waals surface area contributed by atoms with Gasteiger partial charge in [0, 0.05) is 23.7 Å². The highest BCUT2D eigenvalue weighted by Crippen LogP contribution is 2.30. The van der Waals surface area contributed by atoms with Crippen molar-refractivity contribution >= 4 is 38.4 Å². The van der Waals surface area contributed by atoms with Gasteiger partial charge in [-0.2, -0.15) is 0 Å². The van der Waals surface area contributed by atoms with Crippen molar-refractivity contribution in [3.05, 3.63) is 28.4 Å². The topological polar surface area (TPSA) is 66.7 Å². The molecule has 0 amide bonds. The van der Waals surface area contributed by atoms with Crippen LogP contribution < -0.4 is 11.1 Å². The van der Waals surface area contributed by atoms with E-state index in [2.05, 4.69) is 37.3 Å². The van der Waals surface area contributed by atoms with Crippen LogP contribution in [0.4, 0.5) is 5.82 Å². The van der Waals surface area contributed by atoms with E-state index in [9.17, 15) is 0 Å². The normalized spacial score (nSPS) is 16.2. The fourth-order valence-corrected chi connectivity index (χ4v) is 2.49. The molecule has 3 rings (SSSR count). The van der Waals surface area contributed by atoms with E-state index in [1.165, 1.54) is 11.1 Å². The van der Waals surface area contributed by atoms with E-state index in [0.717, 1.165) is 35.0 Å². The molecule has 88 valence electrons. The highest BCUT2D eigenvalue weighted by Gasteiger charge is 2.13. The summed E-state index contributed by atoms with van der Waals surface area (Å²) in [7, 11) is 0. The smallest absolute Gasteiger partial charge is 0.140 e. The Hall–Kier alpha value is -1.33. The third kappa shape index (κ3) is 1.85. The summed E-state index contributed by atoms with van der Waals surface area (Å²) in [6, 6.07) is 2.03. The lowest BCUT2D eigenvalue weighted by molar-refractivity contribution is 0.739. The van der Waals surface area contributed by atoms with Gasteiger partial charge in [0.15, 0.2) is 0 Å². The zero-order valence-electron chi connectivity index (χ0n) is 9.26. The van der Waals surface area contributed by atoms with Crippen LogP contribution in [0.1, 0.15) is 12.0 Å². The van der Waals surface area contributed by atoms with Crippen LogP contribution in [0.5, 0.6) is 0 Å². The monoisotopic (exact) mass is 292 g/mol. The summed E-state index contributed by atoms with van der Waals surface area (Å²) in [6.45, 7) is 1.97. The Labute approximate surface area is 107 Å². The number of fused-ring (bicyclic) bond motifs is 1. The van der Waals surface area contributed by atoms with E-state index in [1.807, 2.05) is 12.3 Å². The summed E-state index contributed by atoms with van der Waals surface area (Å²) < 4.78 is 0.848. The molecule has 0 saturated carbocycles. The highest BCUT2D eigenvalue weighted by atomic mass is 79.9. The van der Waals surface area contributed by atoms with Crippen molar-refractivity contribution in [2.75, 3.05) is 18.8 Å². The average molecular weight is 293 g/mol. The first-order valence-electron chi connectivity index (χ1n) is 5.59. The molecule has 0 spiro atoms. The second-order valence-electron chi connectivity index (χ2n) is 4.14. The maximum absolute atomic E-state index is 5.77. The number of hydrogen-bond donors (Lipinski definition) is 3. The number of nitrogens with zero attached hydrogens (tertiary/aromatic N) is 1. The van der Waals surface area contributed by atoms with Crippen molar-refractivity contribution in [1.82, 2.24) is 15.3 Å². The molecule has 1 aliphatic heterocycles. The second-order valence-corrected chi connectivity index (χ2v) is 4.99. The number of nitrogen functional groups attached to an aromatic ring is 1. The van der Waals surface area contributed by atoms with Crippen LogP contribution >= 0.6 is 15.9 Å². The predicted octanol–water partition coefficient (Wildman–Crippen LogP) is 2.28. The summed E-state index contributed by atoms with van der Waals surface area (Å²) in [4.78, 5) is 7.50. The Balaban J connectivity index is 2.17. The number of aromatic nitrogens is 2. The standard InChI is InChI=1S/C12H13BrN4/c13-10-5-8-9(7-1-3-15-4-2-7)6-16-12(8)17-11(10)14/h1,5-6,15H,2-4H2,(H3,14,16,17). The Kier molecular flexibility index (Phi) is 2.64. The fourth-order valence-electron chi connectivity index (χ4n) is 2.17. The zero-order valence-corrected chi connectivity index (χ0v) is 10.8. The summed E-state index contributed by atoms with van der Waals surface area (Å²) in [6.07, 6.45) is 5.30. The van der Waals surface area contributed by atoms with Crippen LogP contribution in [0.3, 0.4) is 0 Å². The number of aromatic amines is 1. The van der Waals surface area contributed by atoms with Gasteiger partial charge in [0.1, 0.15) is 11.5 Å². The van der Waals surface area contributed by atoms with Gasteiger partial charge in [-0.15, -0.1) is 0 Å². The summed E-state index contributed by atoms with van der Waals surface area (Å²) in [5, 5.41) is 4.44. The summed E-state index contributed by atoms with van der Waals surface area (Å²) >= 11 is 3.43.